The highest BCUT2D eigenvalue weighted by Crippen LogP contribution is 2.32. The Morgan fingerprint density at radius 1 is 0.889 bits per heavy atom. The van der Waals surface area contributed by atoms with Gasteiger partial charge in [-0.05, 0) is 47.9 Å². The summed E-state index contributed by atoms with van der Waals surface area (Å²) in [6, 6.07) is 20.6. The molecule has 186 valence electrons. The van der Waals surface area contributed by atoms with Crippen LogP contribution in [-0.4, -0.2) is 35.8 Å². The lowest BCUT2D eigenvalue weighted by Crippen LogP contribution is -2.37. The Balaban J connectivity index is 1.62. The zero-order chi connectivity index (χ0) is 25.8. The number of rotatable bonds is 8. The molecule has 0 radical (unpaired) electrons. The Labute approximate surface area is 208 Å². The molecular weight excluding hydrogens is 458 g/mol. The second kappa shape index (κ2) is 10.5. The molecule has 1 amide bonds. The molecule has 0 fully saturated rings. The molecule has 8 heteroatoms. The van der Waals surface area contributed by atoms with Gasteiger partial charge in [-0.2, -0.15) is 0 Å². The van der Waals surface area contributed by atoms with E-state index in [9.17, 15) is 14.4 Å². The minimum absolute atomic E-state index is 0.0368. The minimum atomic E-state index is -0.435. The third-order valence-electron chi connectivity index (χ3n) is 6.44. The van der Waals surface area contributed by atoms with Crippen LogP contribution in [0.3, 0.4) is 0 Å². The number of amides is 1. The van der Waals surface area contributed by atoms with Crippen molar-refractivity contribution >= 4 is 16.8 Å². The quantitative estimate of drug-likeness (QED) is 0.413. The lowest BCUT2D eigenvalue weighted by molar-refractivity contribution is 0.0951. The van der Waals surface area contributed by atoms with Gasteiger partial charge in [-0.15, -0.1) is 0 Å². The monoisotopic (exact) mass is 487 g/mol. The van der Waals surface area contributed by atoms with Crippen LogP contribution in [0.1, 0.15) is 27.4 Å². The number of aromatic nitrogens is 2. The highest BCUT2D eigenvalue weighted by Gasteiger charge is 2.18. The van der Waals surface area contributed by atoms with Gasteiger partial charge in [0, 0.05) is 32.1 Å². The van der Waals surface area contributed by atoms with Crippen molar-refractivity contribution in [1.29, 1.82) is 0 Å². The van der Waals surface area contributed by atoms with Crippen molar-refractivity contribution in [2.45, 2.75) is 12.3 Å². The van der Waals surface area contributed by atoms with Crippen LogP contribution in [0, 0.1) is 0 Å². The van der Waals surface area contributed by atoms with Gasteiger partial charge in [0.05, 0.1) is 25.1 Å². The fraction of sp³-hybridized carbons (Fsp3) is 0.250. The van der Waals surface area contributed by atoms with Crippen molar-refractivity contribution in [1.82, 2.24) is 14.5 Å². The molecule has 0 saturated carbocycles. The molecule has 0 unspecified atom stereocenters. The van der Waals surface area contributed by atoms with Crippen molar-refractivity contribution in [3.05, 3.63) is 104 Å². The number of aryl methyl sites for hydroxylation is 1. The highest BCUT2D eigenvalue weighted by molar-refractivity contribution is 5.97. The average Bonchev–Trinajstić information content (AvgIpc) is 2.92. The van der Waals surface area contributed by atoms with Crippen LogP contribution in [0.15, 0.2) is 76.3 Å². The van der Waals surface area contributed by atoms with E-state index in [0.717, 1.165) is 15.7 Å². The first kappa shape index (κ1) is 24.8. The topological polar surface area (TPSA) is 91.6 Å². The molecule has 0 saturated heterocycles. The first-order chi connectivity index (χ1) is 17.3. The van der Waals surface area contributed by atoms with Crippen LogP contribution in [-0.2, 0) is 20.5 Å². The lowest BCUT2D eigenvalue weighted by Gasteiger charge is -2.20. The number of hydrogen-bond acceptors (Lipinski definition) is 5. The number of methoxy groups -OCH3 is 2. The molecule has 8 nitrogen and oxygen atoms in total. The number of carbonyl (C=O) groups is 1. The van der Waals surface area contributed by atoms with E-state index in [0.29, 0.717) is 40.9 Å². The first-order valence-corrected chi connectivity index (χ1v) is 11.6. The van der Waals surface area contributed by atoms with Gasteiger partial charge in [-0.3, -0.25) is 18.7 Å². The third kappa shape index (κ3) is 4.88. The van der Waals surface area contributed by atoms with E-state index in [1.165, 1.54) is 17.7 Å². The van der Waals surface area contributed by atoms with Crippen LogP contribution in [0.5, 0.6) is 11.5 Å². The van der Waals surface area contributed by atoms with E-state index < -0.39 is 11.2 Å². The molecule has 1 atom stereocenters. The van der Waals surface area contributed by atoms with Crippen molar-refractivity contribution < 1.29 is 14.3 Å². The van der Waals surface area contributed by atoms with Gasteiger partial charge in [0.1, 0.15) is 0 Å². The predicted octanol–water partition coefficient (Wildman–Crippen LogP) is 3.01. The molecule has 1 aromatic heterocycles. The molecule has 0 aliphatic carbocycles. The molecule has 4 rings (SSSR count). The maximum Gasteiger partial charge on any atom is 0.330 e. The number of fused-ring (bicyclic) bond motifs is 1. The molecule has 0 aliphatic rings. The summed E-state index contributed by atoms with van der Waals surface area (Å²) < 4.78 is 13.3. The van der Waals surface area contributed by atoms with Gasteiger partial charge < -0.3 is 14.8 Å². The summed E-state index contributed by atoms with van der Waals surface area (Å²) >= 11 is 0. The standard InChI is InChI=1S/C28H29N3O5/c1-30-23-12-10-20(15-22(23)27(33)31(2)28(30)34)26(32)29-17-21(14-18-8-6-5-7-9-18)19-11-13-24(35-3)25(16-19)36-4/h5-13,15-16,21H,14,17H2,1-4H3,(H,29,32)/t21-/m0/s1. The van der Waals surface area contributed by atoms with Gasteiger partial charge in [0.2, 0.25) is 0 Å². The summed E-state index contributed by atoms with van der Waals surface area (Å²) in [6.07, 6.45) is 0.705. The third-order valence-corrected chi connectivity index (χ3v) is 6.44. The van der Waals surface area contributed by atoms with Gasteiger partial charge in [-0.1, -0.05) is 36.4 Å². The average molecular weight is 488 g/mol. The SMILES string of the molecule is COc1ccc([C@H](CNC(=O)c2ccc3c(c2)c(=O)n(C)c(=O)n3C)Cc2ccccc2)cc1OC. The van der Waals surface area contributed by atoms with Gasteiger partial charge in [0.15, 0.2) is 11.5 Å². The summed E-state index contributed by atoms with van der Waals surface area (Å²) in [5.41, 5.74) is 2.12. The molecule has 0 aliphatic heterocycles. The minimum Gasteiger partial charge on any atom is -0.493 e. The number of hydrogen-bond donors (Lipinski definition) is 1. The summed E-state index contributed by atoms with van der Waals surface area (Å²) in [5, 5.41) is 3.33. The Morgan fingerprint density at radius 2 is 1.61 bits per heavy atom. The molecule has 36 heavy (non-hydrogen) atoms. The second-order valence-corrected chi connectivity index (χ2v) is 8.65. The summed E-state index contributed by atoms with van der Waals surface area (Å²) in [5.74, 6) is 0.919. The number of benzene rings is 3. The largest absolute Gasteiger partial charge is 0.493 e. The van der Waals surface area contributed by atoms with Crippen molar-refractivity contribution in [2.75, 3.05) is 20.8 Å². The Hall–Kier alpha value is -4.33. The van der Waals surface area contributed by atoms with E-state index in [1.807, 2.05) is 36.4 Å². The van der Waals surface area contributed by atoms with E-state index in [-0.39, 0.29) is 11.8 Å². The first-order valence-electron chi connectivity index (χ1n) is 11.6. The van der Waals surface area contributed by atoms with E-state index in [2.05, 4.69) is 17.4 Å². The molecule has 0 spiro atoms. The molecule has 3 aromatic carbocycles. The van der Waals surface area contributed by atoms with E-state index in [4.69, 9.17) is 9.47 Å². The number of nitrogens with one attached hydrogen (secondary N) is 1. The molecular formula is C28H29N3O5. The zero-order valence-electron chi connectivity index (χ0n) is 20.8. The Kier molecular flexibility index (Phi) is 7.24. The van der Waals surface area contributed by atoms with E-state index >= 15 is 0 Å². The van der Waals surface area contributed by atoms with Crippen LogP contribution >= 0.6 is 0 Å². The second-order valence-electron chi connectivity index (χ2n) is 8.65. The Morgan fingerprint density at radius 3 is 2.31 bits per heavy atom. The highest BCUT2D eigenvalue weighted by atomic mass is 16.5. The van der Waals surface area contributed by atoms with Crippen LogP contribution in [0.4, 0.5) is 0 Å². The smallest absolute Gasteiger partial charge is 0.330 e. The number of carbonyl (C=O) groups excluding carboxylic acids is 1. The maximum absolute atomic E-state index is 13.1. The predicted molar refractivity (Wildman–Crippen MR) is 139 cm³/mol. The fourth-order valence-electron chi connectivity index (χ4n) is 4.37. The van der Waals surface area contributed by atoms with E-state index in [1.54, 1.807) is 33.4 Å². The van der Waals surface area contributed by atoms with Crippen LogP contribution in [0.25, 0.3) is 10.9 Å². The van der Waals surface area contributed by atoms with Crippen molar-refractivity contribution in [2.24, 2.45) is 14.1 Å². The molecule has 4 aromatic rings. The molecule has 0 bridgehead atoms. The number of ether oxygens (including phenoxy) is 2. The fourth-order valence-corrected chi connectivity index (χ4v) is 4.37. The van der Waals surface area contributed by atoms with Crippen LogP contribution < -0.4 is 26.0 Å². The van der Waals surface area contributed by atoms with Gasteiger partial charge in [0.25, 0.3) is 11.5 Å². The summed E-state index contributed by atoms with van der Waals surface area (Å²) in [4.78, 5) is 38.0. The molecule has 1 N–H and O–H groups in total. The number of nitrogens with zero attached hydrogens (tertiary/aromatic N) is 2. The molecule has 1 heterocycles. The van der Waals surface area contributed by atoms with Crippen LogP contribution in [0.2, 0.25) is 0 Å². The van der Waals surface area contributed by atoms with Gasteiger partial charge in [-0.25, -0.2) is 4.79 Å². The van der Waals surface area contributed by atoms with Crippen molar-refractivity contribution in [3.63, 3.8) is 0 Å². The summed E-state index contributed by atoms with van der Waals surface area (Å²) in [6.45, 7) is 0.368. The lowest BCUT2D eigenvalue weighted by atomic mass is 9.91. The van der Waals surface area contributed by atoms with Gasteiger partial charge >= 0.3 is 5.69 Å². The van der Waals surface area contributed by atoms with Crippen molar-refractivity contribution in [3.8, 4) is 11.5 Å². The zero-order valence-corrected chi connectivity index (χ0v) is 20.8. The Bertz CT molecular complexity index is 1520. The summed E-state index contributed by atoms with van der Waals surface area (Å²) in [7, 11) is 6.21. The normalized spacial score (nSPS) is 11.8. The maximum atomic E-state index is 13.1.